The van der Waals surface area contributed by atoms with Crippen molar-refractivity contribution < 1.29 is 19.1 Å². The van der Waals surface area contributed by atoms with Gasteiger partial charge in [-0.25, -0.2) is 9.59 Å². The van der Waals surface area contributed by atoms with Crippen LogP contribution in [0.2, 0.25) is 0 Å². The van der Waals surface area contributed by atoms with E-state index in [1.54, 1.807) is 12.1 Å². The molecule has 0 fully saturated rings. The van der Waals surface area contributed by atoms with Crippen LogP contribution in [0, 0.1) is 0 Å². The Balaban J connectivity index is 3.08. The standard InChI is InChI=1S/C14H14O4S/c1-8(2)13(15)17-10-6-5-7-11(19)12(10)18-14(16)9(3)4/h5-7,19H,1,3H2,2,4H3. The Morgan fingerprint density at radius 1 is 1.05 bits per heavy atom. The van der Waals surface area contributed by atoms with Crippen LogP contribution in [-0.2, 0) is 9.59 Å². The maximum atomic E-state index is 11.5. The highest BCUT2D eigenvalue weighted by molar-refractivity contribution is 7.80. The highest BCUT2D eigenvalue weighted by Gasteiger charge is 2.16. The fraction of sp³-hybridized carbons (Fsp3) is 0.143. The largest absolute Gasteiger partial charge is 0.419 e. The zero-order valence-corrected chi connectivity index (χ0v) is 11.6. The van der Waals surface area contributed by atoms with E-state index in [1.807, 2.05) is 0 Å². The van der Waals surface area contributed by atoms with Gasteiger partial charge in [0.05, 0.1) is 4.90 Å². The summed E-state index contributed by atoms with van der Waals surface area (Å²) in [5.74, 6) is -1.04. The SMILES string of the molecule is C=C(C)C(=O)Oc1cccc(S)c1OC(=O)C(=C)C. The summed E-state index contributed by atoms with van der Waals surface area (Å²) in [6.45, 7) is 9.99. The van der Waals surface area contributed by atoms with Gasteiger partial charge in [-0.05, 0) is 26.0 Å². The van der Waals surface area contributed by atoms with Crippen molar-refractivity contribution in [3.8, 4) is 11.5 Å². The van der Waals surface area contributed by atoms with Gasteiger partial charge in [-0.1, -0.05) is 19.2 Å². The minimum absolute atomic E-state index is 0.0773. The minimum Gasteiger partial charge on any atom is -0.419 e. The summed E-state index contributed by atoms with van der Waals surface area (Å²) >= 11 is 4.16. The number of carbonyl (C=O) groups excluding carboxylic acids is 2. The Kier molecular flexibility index (Phi) is 4.94. The van der Waals surface area contributed by atoms with E-state index in [0.29, 0.717) is 4.90 Å². The highest BCUT2D eigenvalue weighted by Crippen LogP contribution is 2.34. The molecule has 19 heavy (non-hydrogen) atoms. The first-order valence-corrected chi connectivity index (χ1v) is 5.85. The second-order valence-corrected chi connectivity index (χ2v) is 4.43. The lowest BCUT2D eigenvalue weighted by Crippen LogP contribution is -2.13. The monoisotopic (exact) mass is 278 g/mol. The van der Waals surface area contributed by atoms with E-state index in [9.17, 15) is 9.59 Å². The van der Waals surface area contributed by atoms with Crippen molar-refractivity contribution in [2.24, 2.45) is 0 Å². The highest BCUT2D eigenvalue weighted by atomic mass is 32.1. The third kappa shape index (κ3) is 3.99. The Morgan fingerprint density at radius 2 is 1.58 bits per heavy atom. The molecule has 0 spiro atoms. The van der Waals surface area contributed by atoms with Crippen LogP contribution in [0.25, 0.3) is 0 Å². The van der Waals surface area contributed by atoms with Crippen LogP contribution in [0.15, 0.2) is 47.4 Å². The van der Waals surface area contributed by atoms with E-state index < -0.39 is 11.9 Å². The first-order valence-electron chi connectivity index (χ1n) is 5.40. The minimum atomic E-state index is -0.617. The van der Waals surface area contributed by atoms with Crippen LogP contribution in [-0.4, -0.2) is 11.9 Å². The molecule has 0 aliphatic rings. The predicted octanol–water partition coefficient (Wildman–Crippen LogP) is 2.94. The Bertz CT molecular complexity index is 561. The number of benzene rings is 1. The smallest absolute Gasteiger partial charge is 0.338 e. The summed E-state index contributed by atoms with van der Waals surface area (Å²) in [6, 6.07) is 4.74. The van der Waals surface area contributed by atoms with E-state index in [2.05, 4.69) is 25.8 Å². The summed E-state index contributed by atoms with van der Waals surface area (Å²) in [6.07, 6.45) is 0. The molecule has 5 heteroatoms. The third-order valence-corrected chi connectivity index (χ3v) is 2.40. The van der Waals surface area contributed by atoms with Crippen molar-refractivity contribution in [2.45, 2.75) is 18.7 Å². The molecule has 1 aromatic rings. The molecule has 0 atom stereocenters. The third-order valence-electron chi connectivity index (χ3n) is 2.05. The Labute approximate surface area is 117 Å². The molecule has 0 saturated carbocycles. The van der Waals surface area contributed by atoms with Gasteiger partial charge in [0.1, 0.15) is 0 Å². The van der Waals surface area contributed by atoms with Gasteiger partial charge < -0.3 is 9.47 Å². The number of carbonyl (C=O) groups is 2. The van der Waals surface area contributed by atoms with Crippen molar-refractivity contribution in [2.75, 3.05) is 0 Å². The van der Waals surface area contributed by atoms with E-state index in [1.165, 1.54) is 19.9 Å². The number of esters is 2. The first kappa shape index (κ1) is 15.0. The van der Waals surface area contributed by atoms with Crippen molar-refractivity contribution in [3.05, 3.63) is 42.5 Å². The molecular weight excluding hydrogens is 264 g/mol. The first-order chi connectivity index (χ1) is 8.82. The van der Waals surface area contributed by atoms with Gasteiger partial charge in [0.15, 0.2) is 11.5 Å². The van der Waals surface area contributed by atoms with Crippen LogP contribution < -0.4 is 9.47 Å². The van der Waals surface area contributed by atoms with Gasteiger partial charge in [-0.3, -0.25) is 0 Å². The Morgan fingerprint density at radius 3 is 2.11 bits per heavy atom. The van der Waals surface area contributed by atoms with E-state index in [0.717, 1.165) is 0 Å². The lowest BCUT2D eigenvalue weighted by Gasteiger charge is -2.12. The maximum absolute atomic E-state index is 11.5. The van der Waals surface area contributed by atoms with Gasteiger partial charge in [0.2, 0.25) is 0 Å². The van der Waals surface area contributed by atoms with Crippen molar-refractivity contribution >= 4 is 24.6 Å². The molecule has 1 aromatic carbocycles. The summed E-state index contributed by atoms with van der Waals surface area (Å²) in [7, 11) is 0. The average molecular weight is 278 g/mol. The molecule has 0 saturated heterocycles. The van der Waals surface area contributed by atoms with Crippen LogP contribution >= 0.6 is 12.6 Å². The molecule has 0 radical (unpaired) electrons. The summed E-state index contributed by atoms with van der Waals surface area (Å²) < 4.78 is 10.2. The molecule has 0 aromatic heterocycles. The molecule has 0 unspecified atom stereocenters. The zero-order valence-electron chi connectivity index (χ0n) is 10.7. The molecule has 0 N–H and O–H groups in total. The number of para-hydroxylation sites is 1. The molecule has 100 valence electrons. The van der Waals surface area contributed by atoms with E-state index in [-0.39, 0.29) is 22.6 Å². The lowest BCUT2D eigenvalue weighted by atomic mass is 10.3. The molecule has 0 amide bonds. The summed E-state index contributed by atoms with van der Waals surface area (Å²) in [5.41, 5.74) is 0.468. The number of thiol groups is 1. The average Bonchev–Trinajstić information content (AvgIpc) is 2.32. The molecule has 0 heterocycles. The molecular formula is C14H14O4S. The number of ether oxygens (including phenoxy) is 2. The van der Waals surface area contributed by atoms with Gasteiger partial charge in [0, 0.05) is 11.1 Å². The fourth-order valence-corrected chi connectivity index (χ4v) is 1.30. The van der Waals surface area contributed by atoms with Crippen LogP contribution in [0.3, 0.4) is 0 Å². The van der Waals surface area contributed by atoms with Crippen LogP contribution in [0.4, 0.5) is 0 Å². The van der Waals surface area contributed by atoms with Gasteiger partial charge in [-0.2, -0.15) is 0 Å². The topological polar surface area (TPSA) is 52.6 Å². The quantitative estimate of drug-likeness (QED) is 0.398. The normalized spacial score (nSPS) is 9.63. The predicted molar refractivity (Wildman–Crippen MR) is 74.6 cm³/mol. The van der Waals surface area contributed by atoms with E-state index >= 15 is 0 Å². The van der Waals surface area contributed by atoms with Crippen molar-refractivity contribution in [1.29, 1.82) is 0 Å². The zero-order chi connectivity index (χ0) is 14.6. The number of hydrogen-bond acceptors (Lipinski definition) is 5. The van der Waals surface area contributed by atoms with Crippen molar-refractivity contribution in [1.82, 2.24) is 0 Å². The second kappa shape index (κ2) is 6.24. The van der Waals surface area contributed by atoms with Gasteiger partial charge >= 0.3 is 11.9 Å². The fourth-order valence-electron chi connectivity index (χ4n) is 1.05. The van der Waals surface area contributed by atoms with Gasteiger partial charge in [-0.15, -0.1) is 12.6 Å². The summed E-state index contributed by atoms with van der Waals surface area (Å²) in [4.78, 5) is 23.4. The summed E-state index contributed by atoms with van der Waals surface area (Å²) in [5, 5.41) is 0. The molecule has 0 aliphatic carbocycles. The Hall–Kier alpha value is -2.01. The molecule has 1 rings (SSSR count). The number of hydrogen-bond donors (Lipinski definition) is 1. The second-order valence-electron chi connectivity index (χ2n) is 3.94. The maximum Gasteiger partial charge on any atom is 0.338 e. The van der Waals surface area contributed by atoms with Crippen LogP contribution in [0.5, 0.6) is 11.5 Å². The van der Waals surface area contributed by atoms with E-state index in [4.69, 9.17) is 9.47 Å². The lowest BCUT2D eigenvalue weighted by molar-refractivity contribution is -0.132. The number of rotatable bonds is 4. The van der Waals surface area contributed by atoms with Crippen LogP contribution in [0.1, 0.15) is 13.8 Å². The van der Waals surface area contributed by atoms with Gasteiger partial charge in [0.25, 0.3) is 0 Å². The van der Waals surface area contributed by atoms with Crippen molar-refractivity contribution in [3.63, 3.8) is 0 Å². The molecule has 0 aliphatic heterocycles. The molecule has 0 bridgehead atoms. The molecule has 4 nitrogen and oxygen atoms in total.